The highest BCUT2D eigenvalue weighted by Gasteiger charge is 2.64. The summed E-state index contributed by atoms with van der Waals surface area (Å²) in [5.41, 5.74) is 5.96. The standard InChI is InChI=1S/C38H47FN4O9S.C31H39FN4O7S.C11H13NO5/c39-30-9-6-7-22-19-42(21-29(22)30)37(48)52-27-16-32-33(44)18-38(35(46)41-53(49,50)28-11-12-28)17-25(38)8-4-2-1-3-5-10-31(34(45)43(32)20-27)40-36(47)51-26-14-23-13-24(23)15-26;32-24-9-6-7-19-16-35(18-23(19)24)30(40)43-21-13-26-27(37)15-31(29(39)34-44(41,42)22-11-12-22)14-20(31)8-4-2-1-3-5-10-25(33)28(38)36(26)17-21;13-9-1-2-10(14)12(9)17-11(15)16-8-4-6-3-7(6)5-8/h4,6-9,23-28,31-32H,1-3,5,10-21H2,(H,40,47)(H,41,46);4,6-9,20-22,25-26H,1-3,5,10-18,33H2,(H,34,39);6-8H,1-5H2/b2*8-4-;/t23-,24+,25-,26?,27-,31+,32+,38-;20-,21-,25+,26+,31-;6-,7+,8?/m11./s1. The first-order valence-corrected chi connectivity index (χ1v) is 43.6. The van der Waals surface area contributed by atoms with Crippen molar-refractivity contribution in [1.82, 2.24) is 39.4 Å². The summed E-state index contributed by atoms with van der Waals surface area (Å²) in [6, 6.07) is 5.39. The molecule has 0 radical (unpaired) electrons. The molecule has 9 amide bonds. The molecule has 11 fully saturated rings. The van der Waals surface area contributed by atoms with Crippen LogP contribution in [0.5, 0.6) is 0 Å². The van der Waals surface area contributed by atoms with Gasteiger partial charge in [-0.3, -0.25) is 62.4 Å². The van der Waals surface area contributed by atoms with E-state index < -0.39 is 161 Å². The number of hydroxylamine groups is 2. The minimum atomic E-state index is -3.88. The summed E-state index contributed by atoms with van der Waals surface area (Å²) in [4.78, 5) is 167. The smallest absolute Gasteiger partial charge is 0.446 e. The third kappa shape index (κ3) is 18.0. The fraction of sp³-hybridized carbons (Fsp3) is 0.650. The lowest BCUT2D eigenvalue weighted by Gasteiger charge is -2.29. The molecule has 2 unspecified atom stereocenters. The molecule has 8 saturated carbocycles. The third-order valence-electron chi connectivity index (χ3n) is 25.8. The van der Waals surface area contributed by atoms with E-state index in [1.165, 1.54) is 38.2 Å². The van der Waals surface area contributed by atoms with E-state index in [0.29, 0.717) is 109 Å². The summed E-state index contributed by atoms with van der Waals surface area (Å²) in [6.07, 6.45) is 17.4. The zero-order valence-electron chi connectivity index (χ0n) is 63.5. The van der Waals surface area contributed by atoms with Crippen LogP contribution in [0.3, 0.4) is 0 Å². The largest absolute Gasteiger partial charge is 0.534 e. The summed E-state index contributed by atoms with van der Waals surface area (Å²) in [7, 11) is -7.69. The fourth-order valence-electron chi connectivity index (χ4n) is 18.5. The maximum Gasteiger partial charge on any atom is 0.534 e. The van der Waals surface area contributed by atoms with Crippen LogP contribution in [0.1, 0.15) is 202 Å². The number of ether oxygens (including phenoxy) is 4. The first kappa shape index (κ1) is 80.3. The van der Waals surface area contributed by atoms with Crippen LogP contribution in [0, 0.1) is 58.0 Å². The van der Waals surface area contributed by atoms with Crippen molar-refractivity contribution in [2.75, 3.05) is 13.1 Å². The fourth-order valence-corrected chi connectivity index (χ4v) is 21.2. The Morgan fingerprint density at radius 1 is 0.500 bits per heavy atom. The van der Waals surface area contributed by atoms with Gasteiger partial charge < -0.3 is 39.8 Å². The molecule has 114 heavy (non-hydrogen) atoms. The molecule has 7 aliphatic heterocycles. The number of halogens is 2. The number of Topliss-reactive ketones (excluding diaryl/α,β-unsaturated/α-hetero) is 2. The number of hydrogen-bond donors (Lipinski definition) is 4. The SMILES string of the molecule is N[C@H]1CCCCC/C=C\[C@@H]2C[C@@]2(C(=O)NS(=O)(=O)C2CC2)CC(=O)[C@@H]2C[C@@H](OC(=O)N3Cc4cccc(F)c4C3)CN2C1=O.O=C(N[C@H]1CCCCC/C=C\[C@@H]2C[C@@]2(C(=O)NS(=O)(=O)C2CC2)CC(=O)[C@@H]2C[C@@H](OC(=O)N3Cc4cccc(F)c4C3)CN2C1=O)OC1C[C@@H]2C[C@@H]2C1.O=C(OC1C[C@@H]2C[C@@H]2C1)ON1C(=O)CCC1=O. The number of nitrogens with zero attached hydrogens (tertiary/aromatic N) is 5. The zero-order valence-corrected chi connectivity index (χ0v) is 65.1. The summed E-state index contributed by atoms with van der Waals surface area (Å²) < 4.78 is 106. The van der Waals surface area contributed by atoms with E-state index >= 15 is 0 Å². The van der Waals surface area contributed by atoms with E-state index in [9.17, 15) is 83.2 Å². The molecular formula is C80H99F2N9O21S2. The molecule has 2 aromatic carbocycles. The Kier molecular flexibility index (Phi) is 23.0. The quantitative estimate of drug-likeness (QED) is 0.0678. The van der Waals surface area contributed by atoms with Crippen LogP contribution in [-0.2, 0) is 108 Å². The second kappa shape index (κ2) is 32.6. The predicted octanol–water partition coefficient (Wildman–Crippen LogP) is 7.91. The minimum Gasteiger partial charge on any atom is -0.446 e. The lowest BCUT2D eigenvalue weighted by molar-refractivity contribution is -0.178. The number of sulfonamides is 2. The molecule has 17 rings (SSSR count). The Morgan fingerprint density at radius 2 is 0.947 bits per heavy atom. The van der Waals surface area contributed by atoms with Crippen molar-refractivity contribution in [3.63, 3.8) is 0 Å². The molecule has 3 saturated heterocycles. The maximum atomic E-state index is 14.4. The number of allylic oxidation sites excluding steroid dienone is 4. The van der Waals surface area contributed by atoms with Crippen LogP contribution >= 0.6 is 0 Å². The molecule has 30 nitrogen and oxygen atoms in total. The number of benzene rings is 2. The van der Waals surface area contributed by atoms with Crippen LogP contribution in [0.4, 0.5) is 28.0 Å². The van der Waals surface area contributed by atoms with Crippen molar-refractivity contribution in [1.29, 1.82) is 0 Å². The highest BCUT2D eigenvalue weighted by atomic mass is 32.2. The van der Waals surface area contributed by atoms with Crippen LogP contribution in [-0.4, -0.2) is 185 Å². The molecule has 34 heteroatoms. The van der Waals surface area contributed by atoms with Crippen LogP contribution in [0.2, 0.25) is 0 Å². The number of carbonyl (C=O) groups is 12. The Morgan fingerprint density at radius 3 is 1.40 bits per heavy atom. The van der Waals surface area contributed by atoms with E-state index in [1.807, 2.05) is 24.3 Å². The molecule has 8 aliphatic carbocycles. The van der Waals surface area contributed by atoms with Gasteiger partial charge in [0.05, 0.1) is 65.6 Å². The maximum absolute atomic E-state index is 14.4. The van der Waals surface area contributed by atoms with Crippen molar-refractivity contribution in [2.45, 2.75) is 265 Å². The second-order valence-electron chi connectivity index (χ2n) is 34.1. The number of hydrogen-bond acceptors (Lipinski definition) is 22. The Bertz CT molecular complexity index is 4480. The molecule has 0 spiro atoms. The van der Waals surface area contributed by atoms with Crippen molar-refractivity contribution < 1.29 is 107 Å². The molecule has 0 aromatic heterocycles. The first-order chi connectivity index (χ1) is 54.5. The van der Waals surface area contributed by atoms with Gasteiger partial charge in [0.2, 0.25) is 43.7 Å². The molecule has 2 aromatic rings. The second-order valence-corrected chi connectivity index (χ2v) is 38.0. The highest BCUT2D eigenvalue weighted by molar-refractivity contribution is 7.91. The van der Waals surface area contributed by atoms with Gasteiger partial charge in [-0.1, -0.05) is 79.3 Å². The van der Waals surface area contributed by atoms with Gasteiger partial charge in [0.1, 0.15) is 42.1 Å². The lowest BCUT2D eigenvalue weighted by Crippen LogP contribution is -2.52. The van der Waals surface area contributed by atoms with Gasteiger partial charge in [-0.2, -0.15) is 0 Å². The van der Waals surface area contributed by atoms with E-state index in [0.717, 1.165) is 70.6 Å². The number of rotatable bonds is 12. The van der Waals surface area contributed by atoms with E-state index in [1.54, 1.807) is 24.3 Å². The summed E-state index contributed by atoms with van der Waals surface area (Å²) in [5.74, 6) is -3.06. The molecule has 5 N–H and O–H groups in total. The Labute approximate surface area is 659 Å². The molecule has 7 heterocycles. The zero-order chi connectivity index (χ0) is 80.3. The number of ketones is 2. The number of fused-ring (bicyclic) bond motifs is 8. The first-order valence-electron chi connectivity index (χ1n) is 40.5. The molecule has 15 aliphatic rings. The van der Waals surface area contributed by atoms with Crippen molar-refractivity contribution >= 4 is 91.5 Å². The van der Waals surface area contributed by atoms with Gasteiger partial charge in [-0.15, -0.1) is 0 Å². The van der Waals surface area contributed by atoms with Gasteiger partial charge in [-0.25, -0.2) is 44.8 Å². The molecular weight excluding hydrogens is 1530 g/mol. The Balaban J connectivity index is 0.000000150. The molecule has 0 bridgehead atoms. The predicted molar refractivity (Wildman–Crippen MR) is 396 cm³/mol. The normalized spacial score (nSPS) is 33.4. The van der Waals surface area contributed by atoms with E-state index in [-0.39, 0.29) is 108 Å². The average molecular weight is 1620 g/mol. The molecule has 16 atom stereocenters. The van der Waals surface area contributed by atoms with E-state index in [4.69, 9.17) is 24.7 Å². The van der Waals surface area contributed by atoms with Crippen molar-refractivity contribution in [3.05, 3.63) is 94.6 Å². The average Bonchev–Trinajstić information content (AvgIpc) is 1.57. The van der Waals surface area contributed by atoms with Crippen LogP contribution in [0.15, 0.2) is 60.7 Å². The molecule has 616 valence electrons. The number of carbonyl (C=O) groups excluding carboxylic acids is 12. The number of alkyl carbamates (subject to hydrolysis) is 1. The van der Waals surface area contributed by atoms with Gasteiger partial charge in [0.15, 0.2) is 11.6 Å². The number of amides is 9. The summed E-state index contributed by atoms with van der Waals surface area (Å²) in [5, 5.41) is 2.09. The topological polar surface area (TPSA) is 398 Å². The van der Waals surface area contributed by atoms with Gasteiger partial charge >= 0.3 is 24.4 Å². The summed E-state index contributed by atoms with van der Waals surface area (Å²) in [6.45, 7) is 0.239. The summed E-state index contributed by atoms with van der Waals surface area (Å²) >= 11 is 0. The minimum absolute atomic E-state index is 0.0193. The van der Waals surface area contributed by atoms with E-state index in [2.05, 4.69) is 19.6 Å². The number of nitrogens with two attached hydrogens (primary N) is 1. The number of imide groups is 1. The van der Waals surface area contributed by atoms with Gasteiger partial charge in [0.25, 0.3) is 11.8 Å². The van der Waals surface area contributed by atoms with Gasteiger partial charge in [-0.05, 0) is 174 Å². The lowest BCUT2D eigenvalue weighted by atomic mass is 9.91. The Hall–Kier alpha value is -8.92. The van der Waals surface area contributed by atoms with Crippen molar-refractivity contribution in [2.24, 2.45) is 52.1 Å². The highest BCUT2D eigenvalue weighted by Crippen LogP contribution is 2.59. The monoisotopic (exact) mass is 1620 g/mol. The number of nitrogens with one attached hydrogen (secondary N) is 3. The van der Waals surface area contributed by atoms with Crippen molar-refractivity contribution in [3.8, 4) is 0 Å². The van der Waals surface area contributed by atoms with Gasteiger partial charge in [0, 0.05) is 62.7 Å². The third-order valence-corrected chi connectivity index (χ3v) is 29.4. The van der Waals surface area contributed by atoms with Crippen LogP contribution in [0.25, 0.3) is 0 Å². The van der Waals surface area contributed by atoms with Crippen LogP contribution < -0.4 is 20.5 Å².